The van der Waals surface area contributed by atoms with E-state index in [1.807, 2.05) is 0 Å². The van der Waals surface area contributed by atoms with Crippen LogP contribution in [0.25, 0.3) is 0 Å². The van der Waals surface area contributed by atoms with Crippen molar-refractivity contribution in [2.75, 3.05) is 6.54 Å². The lowest BCUT2D eigenvalue weighted by Crippen LogP contribution is -2.15. The van der Waals surface area contributed by atoms with E-state index in [4.69, 9.17) is 11.6 Å². The van der Waals surface area contributed by atoms with Crippen molar-refractivity contribution in [3.63, 3.8) is 0 Å². The van der Waals surface area contributed by atoms with Crippen molar-refractivity contribution in [1.82, 2.24) is 5.32 Å². The van der Waals surface area contributed by atoms with Gasteiger partial charge in [-0.1, -0.05) is 25.4 Å². The Morgan fingerprint density at radius 3 is 2.81 bits per heavy atom. The Morgan fingerprint density at radius 2 is 2.12 bits per heavy atom. The Morgan fingerprint density at radius 1 is 1.38 bits per heavy atom. The predicted molar refractivity (Wildman–Crippen MR) is 67.2 cm³/mol. The lowest BCUT2D eigenvalue weighted by molar-refractivity contribution is 0.527. The number of rotatable bonds is 6. The van der Waals surface area contributed by atoms with Gasteiger partial charge in [0.2, 0.25) is 0 Å². The zero-order valence-electron chi connectivity index (χ0n) is 9.89. The minimum Gasteiger partial charge on any atom is -0.313 e. The van der Waals surface area contributed by atoms with Crippen LogP contribution in [0.3, 0.4) is 0 Å². The van der Waals surface area contributed by atoms with E-state index < -0.39 is 0 Å². The van der Waals surface area contributed by atoms with Crippen LogP contribution in [0.4, 0.5) is 4.39 Å². The van der Waals surface area contributed by atoms with Crippen LogP contribution >= 0.6 is 11.6 Å². The molecule has 16 heavy (non-hydrogen) atoms. The number of benzene rings is 1. The van der Waals surface area contributed by atoms with Crippen LogP contribution < -0.4 is 5.32 Å². The van der Waals surface area contributed by atoms with Crippen molar-refractivity contribution < 1.29 is 4.39 Å². The summed E-state index contributed by atoms with van der Waals surface area (Å²) in [5.74, 6) is 0.503. The molecule has 0 atom stereocenters. The van der Waals surface area contributed by atoms with Crippen LogP contribution in [-0.4, -0.2) is 6.54 Å². The van der Waals surface area contributed by atoms with Crippen LogP contribution in [0.2, 0.25) is 5.02 Å². The van der Waals surface area contributed by atoms with E-state index in [0.29, 0.717) is 11.6 Å². The molecule has 0 unspecified atom stereocenters. The molecule has 1 aromatic rings. The van der Waals surface area contributed by atoms with Crippen LogP contribution in [0.1, 0.15) is 32.3 Å². The van der Waals surface area contributed by atoms with Gasteiger partial charge in [-0.05, 0) is 49.1 Å². The molecule has 0 amide bonds. The second-order valence-electron chi connectivity index (χ2n) is 4.45. The average Bonchev–Trinajstić information content (AvgIpc) is 2.22. The standard InChI is InChI=1S/C13H19ClFN/c1-10(2)4-3-7-16-9-11-8-12(15)5-6-13(11)14/h5-6,8,10,16H,3-4,7,9H2,1-2H3. The molecule has 3 heteroatoms. The van der Waals surface area contributed by atoms with Gasteiger partial charge in [0.25, 0.3) is 0 Å². The smallest absolute Gasteiger partial charge is 0.123 e. The fourth-order valence-corrected chi connectivity index (χ4v) is 1.72. The van der Waals surface area contributed by atoms with Gasteiger partial charge in [-0.25, -0.2) is 4.39 Å². The monoisotopic (exact) mass is 243 g/mol. The summed E-state index contributed by atoms with van der Waals surface area (Å²) in [4.78, 5) is 0. The fraction of sp³-hybridized carbons (Fsp3) is 0.538. The van der Waals surface area contributed by atoms with E-state index in [0.717, 1.165) is 24.4 Å². The van der Waals surface area contributed by atoms with Crippen LogP contribution in [-0.2, 0) is 6.54 Å². The van der Waals surface area contributed by atoms with E-state index in [1.165, 1.54) is 18.6 Å². The van der Waals surface area contributed by atoms with Gasteiger partial charge in [-0.2, -0.15) is 0 Å². The zero-order valence-corrected chi connectivity index (χ0v) is 10.6. The summed E-state index contributed by atoms with van der Waals surface area (Å²) >= 11 is 5.95. The summed E-state index contributed by atoms with van der Waals surface area (Å²) in [5, 5.41) is 3.90. The maximum atomic E-state index is 12.9. The van der Waals surface area contributed by atoms with E-state index in [2.05, 4.69) is 19.2 Å². The van der Waals surface area contributed by atoms with Crippen molar-refractivity contribution >= 4 is 11.6 Å². The Balaban J connectivity index is 2.29. The highest BCUT2D eigenvalue weighted by Crippen LogP contribution is 2.16. The van der Waals surface area contributed by atoms with E-state index in [-0.39, 0.29) is 5.82 Å². The van der Waals surface area contributed by atoms with Gasteiger partial charge in [0, 0.05) is 11.6 Å². The molecule has 0 saturated carbocycles. The summed E-state index contributed by atoms with van der Waals surface area (Å²) in [6.45, 7) is 6.01. The predicted octanol–water partition coefficient (Wildman–Crippen LogP) is 4.00. The van der Waals surface area contributed by atoms with Gasteiger partial charge >= 0.3 is 0 Å². The summed E-state index contributed by atoms with van der Waals surface area (Å²) < 4.78 is 12.9. The second-order valence-corrected chi connectivity index (χ2v) is 4.86. The van der Waals surface area contributed by atoms with Crippen molar-refractivity contribution in [1.29, 1.82) is 0 Å². The van der Waals surface area contributed by atoms with Gasteiger partial charge in [-0.15, -0.1) is 0 Å². The van der Waals surface area contributed by atoms with E-state index in [1.54, 1.807) is 6.07 Å². The molecular weight excluding hydrogens is 225 g/mol. The van der Waals surface area contributed by atoms with E-state index in [9.17, 15) is 4.39 Å². The van der Waals surface area contributed by atoms with Crippen LogP contribution in [0.15, 0.2) is 18.2 Å². The molecular formula is C13H19ClFN. The molecule has 0 spiro atoms. The minimum atomic E-state index is -0.233. The lowest BCUT2D eigenvalue weighted by Gasteiger charge is -2.08. The van der Waals surface area contributed by atoms with Crippen LogP contribution in [0.5, 0.6) is 0 Å². The van der Waals surface area contributed by atoms with Gasteiger partial charge in [0.1, 0.15) is 5.82 Å². The largest absolute Gasteiger partial charge is 0.313 e. The molecule has 1 aromatic carbocycles. The molecule has 0 heterocycles. The number of hydrogen-bond acceptors (Lipinski definition) is 1. The summed E-state index contributed by atoms with van der Waals surface area (Å²) in [7, 11) is 0. The summed E-state index contributed by atoms with van der Waals surface area (Å²) in [6, 6.07) is 4.46. The first-order chi connectivity index (χ1) is 7.59. The van der Waals surface area contributed by atoms with Gasteiger partial charge in [-0.3, -0.25) is 0 Å². The fourth-order valence-electron chi connectivity index (χ4n) is 1.54. The number of hydrogen-bond donors (Lipinski definition) is 1. The molecule has 0 saturated heterocycles. The molecule has 0 aliphatic carbocycles. The Bertz CT molecular complexity index is 326. The Labute approximate surface area is 102 Å². The van der Waals surface area contributed by atoms with Crippen molar-refractivity contribution in [3.05, 3.63) is 34.6 Å². The molecule has 1 rings (SSSR count). The summed E-state index contributed by atoms with van der Waals surface area (Å²) in [6.07, 6.45) is 2.36. The normalized spacial score (nSPS) is 11.1. The molecule has 0 fully saturated rings. The average molecular weight is 244 g/mol. The molecule has 0 radical (unpaired) electrons. The molecule has 1 nitrogen and oxygen atoms in total. The molecule has 0 aromatic heterocycles. The van der Waals surface area contributed by atoms with Gasteiger partial charge < -0.3 is 5.32 Å². The third kappa shape index (κ3) is 4.95. The molecule has 90 valence electrons. The molecule has 1 N–H and O–H groups in total. The van der Waals surface area contributed by atoms with E-state index >= 15 is 0 Å². The first kappa shape index (κ1) is 13.5. The Hall–Kier alpha value is -0.600. The third-order valence-electron chi connectivity index (χ3n) is 2.46. The highest BCUT2D eigenvalue weighted by molar-refractivity contribution is 6.31. The Kier molecular flexibility index (Phi) is 5.78. The molecule has 0 bridgehead atoms. The highest BCUT2D eigenvalue weighted by Gasteiger charge is 2.01. The molecule has 0 aliphatic rings. The van der Waals surface area contributed by atoms with Gasteiger partial charge in [0.05, 0.1) is 0 Å². The van der Waals surface area contributed by atoms with Gasteiger partial charge in [0.15, 0.2) is 0 Å². The van der Waals surface area contributed by atoms with Crippen molar-refractivity contribution in [2.45, 2.75) is 33.2 Å². The maximum Gasteiger partial charge on any atom is 0.123 e. The summed E-state index contributed by atoms with van der Waals surface area (Å²) in [5.41, 5.74) is 0.825. The zero-order chi connectivity index (χ0) is 12.0. The third-order valence-corrected chi connectivity index (χ3v) is 2.83. The van der Waals surface area contributed by atoms with Crippen molar-refractivity contribution in [3.8, 4) is 0 Å². The van der Waals surface area contributed by atoms with Crippen LogP contribution in [0, 0.1) is 11.7 Å². The first-order valence-corrected chi connectivity index (χ1v) is 6.12. The molecule has 0 aliphatic heterocycles. The van der Waals surface area contributed by atoms with Crippen molar-refractivity contribution in [2.24, 2.45) is 5.92 Å². The topological polar surface area (TPSA) is 12.0 Å². The maximum absolute atomic E-state index is 12.9. The quantitative estimate of drug-likeness (QED) is 0.745. The second kappa shape index (κ2) is 6.87. The SMILES string of the molecule is CC(C)CCCNCc1cc(F)ccc1Cl. The number of halogens is 2. The number of nitrogens with one attached hydrogen (secondary N) is 1. The highest BCUT2D eigenvalue weighted by atomic mass is 35.5. The minimum absolute atomic E-state index is 0.233. The first-order valence-electron chi connectivity index (χ1n) is 5.74. The lowest BCUT2D eigenvalue weighted by atomic mass is 10.1.